The summed E-state index contributed by atoms with van der Waals surface area (Å²) in [6, 6.07) is 8.13. The summed E-state index contributed by atoms with van der Waals surface area (Å²) < 4.78 is 5.21. The van der Waals surface area contributed by atoms with Crippen LogP contribution >= 0.6 is 0 Å². The summed E-state index contributed by atoms with van der Waals surface area (Å²) in [6.07, 6.45) is 0.101. The number of hydrogen-bond acceptors (Lipinski definition) is 5. The molecule has 0 aliphatic rings. The van der Waals surface area contributed by atoms with Gasteiger partial charge in [0.05, 0.1) is 0 Å². The molecule has 1 unspecified atom stereocenters. The Hall–Kier alpha value is -2.21. The van der Waals surface area contributed by atoms with Crippen molar-refractivity contribution in [3.63, 3.8) is 0 Å². The molecule has 1 atom stereocenters. The van der Waals surface area contributed by atoms with E-state index in [4.69, 9.17) is 4.52 Å². The van der Waals surface area contributed by atoms with E-state index in [-0.39, 0.29) is 12.3 Å². The van der Waals surface area contributed by atoms with Gasteiger partial charge in [0, 0.05) is 18.2 Å². The number of nitrogens with one attached hydrogen (secondary N) is 1. The summed E-state index contributed by atoms with van der Waals surface area (Å²) >= 11 is 0. The van der Waals surface area contributed by atoms with E-state index >= 15 is 0 Å². The van der Waals surface area contributed by atoms with E-state index in [0.717, 1.165) is 24.2 Å². The van der Waals surface area contributed by atoms with Crippen LogP contribution in [0.3, 0.4) is 0 Å². The third kappa shape index (κ3) is 4.64. The second kappa shape index (κ2) is 8.59. The van der Waals surface area contributed by atoms with Crippen LogP contribution in [0.5, 0.6) is 0 Å². The van der Waals surface area contributed by atoms with Crippen LogP contribution in [0.1, 0.15) is 32.2 Å². The second-order valence-corrected chi connectivity index (χ2v) is 5.88. The quantitative estimate of drug-likeness (QED) is 0.805. The molecule has 1 N–H and O–H groups in total. The molecule has 0 radical (unpaired) electrons. The Morgan fingerprint density at radius 1 is 1.29 bits per heavy atom. The minimum absolute atomic E-state index is 0.101. The van der Waals surface area contributed by atoms with Gasteiger partial charge in [0.1, 0.15) is 6.42 Å². The first-order chi connectivity index (χ1) is 11.5. The van der Waals surface area contributed by atoms with Crippen molar-refractivity contribution in [3.8, 4) is 11.4 Å². The van der Waals surface area contributed by atoms with Crippen LogP contribution in [0, 0.1) is 6.92 Å². The van der Waals surface area contributed by atoms with Crippen molar-refractivity contribution in [1.29, 1.82) is 0 Å². The van der Waals surface area contributed by atoms with Gasteiger partial charge in [-0.3, -0.25) is 9.69 Å². The predicted octanol–water partition coefficient (Wildman–Crippen LogP) is 2.43. The summed E-state index contributed by atoms with van der Waals surface area (Å²) in [5.74, 6) is 0.752. The molecule has 1 amide bonds. The highest BCUT2D eigenvalue weighted by Crippen LogP contribution is 2.19. The molecule has 24 heavy (non-hydrogen) atoms. The van der Waals surface area contributed by atoms with Crippen LogP contribution < -0.4 is 5.32 Å². The lowest BCUT2D eigenvalue weighted by atomic mass is 10.1. The Labute approximate surface area is 143 Å². The van der Waals surface area contributed by atoms with Crippen molar-refractivity contribution >= 4 is 5.91 Å². The molecule has 6 nitrogen and oxygen atoms in total. The van der Waals surface area contributed by atoms with E-state index in [2.05, 4.69) is 41.1 Å². The van der Waals surface area contributed by atoms with Crippen molar-refractivity contribution in [2.45, 2.75) is 40.2 Å². The zero-order valence-corrected chi connectivity index (χ0v) is 14.9. The fourth-order valence-corrected chi connectivity index (χ4v) is 2.70. The molecule has 0 saturated heterocycles. The molecule has 0 fully saturated rings. The number of amides is 1. The maximum Gasteiger partial charge on any atom is 0.236 e. The van der Waals surface area contributed by atoms with Crippen LogP contribution in [0.15, 0.2) is 28.8 Å². The molecule has 0 bridgehead atoms. The summed E-state index contributed by atoms with van der Waals surface area (Å²) in [5.41, 5.74) is 1.99. The number of rotatable bonds is 8. The topological polar surface area (TPSA) is 71.3 Å². The first kappa shape index (κ1) is 18.1. The Bertz CT molecular complexity index is 665. The first-order valence-corrected chi connectivity index (χ1v) is 8.44. The molecule has 1 aromatic heterocycles. The van der Waals surface area contributed by atoms with Gasteiger partial charge in [0.15, 0.2) is 0 Å². The van der Waals surface area contributed by atoms with E-state index in [0.29, 0.717) is 24.3 Å². The van der Waals surface area contributed by atoms with E-state index < -0.39 is 0 Å². The molecule has 0 aliphatic carbocycles. The molecule has 130 valence electrons. The lowest BCUT2D eigenvalue weighted by molar-refractivity contribution is -0.121. The lowest BCUT2D eigenvalue weighted by Gasteiger charge is -2.26. The van der Waals surface area contributed by atoms with Crippen LogP contribution in [0.4, 0.5) is 0 Å². The number of likely N-dealkylation sites (N-methyl/N-ethyl adjacent to an activating group) is 1. The van der Waals surface area contributed by atoms with Gasteiger partial charge in [-0.1, -0.05) is 43.3 Å². The number of carbonyl (C=O) groups is 1. The fraction of sp³-hybridized carbons (Fsp3) is 0.500. The fourth-order valence-electron chi connectivity index (χ4n) is 2.70. The zero-order chi connectivity index (χ0) is 17.5. The van der Waals surface area contributed by atoms with E-state index in [1.165, 1.54) is 0 Å². The molecular weight excluding hydrogens is 304 g/mol. The largest absolute Gasteiger partial charge is 0.354 e. The van der Waals surface area contributed by atoms with Crippen molar-refractivity contribution in [2.75, 3.05) is 19.6 Å². The summed E-state index contributed by atoms with van der Waals surface area (Å²) in [6.45, 7) is 10.9. The summed E-state index contributed by atoms with van der Waals surface area (Å²) in [4.78, 5) is 18.7. The predicted molar refractivity (Wildman–Crippen MR) is 93.6 cm³/mol. The lowest BCUT2D eigenvalue weighted by Crippen LogP contribution is -2.42. The van der Waals surface area contributed by atoms with Gasteiger partial charge in [-0.15, -0.1) is 0 Å². The molecule has 0 saturated carbocycles. The van der Waals surface area contributed by atoms with Gasteiger partial charge in [0.25, 0.3) is 0 Å². The molecule has 1 aromatic carbocycles. The summed E-state index contributed by atoms with van der Waals surface area (Å²) in [5, 5.41) is 6.91. The van der Waals surface area contributed by atoms with E-state index in [9.17, 15) is 4.79 Å². The Balaban J connectivity index is 1.90. The number of nitrogens with zero attached hydrogens (tertiary/aromatic N) is 3. The Kier molecular flexibility index (Phi) is 6.49. The number of benzene rings is 1. The van der Waals surface area contributed by atoms with Crippen LogP contribution in [0.25, 0.3) is 11.4 Å². The van der Waals surface area contributed by atoms with Gasteiger partial charge < -0.3 is 9.84 Å². The Morgan fingerprint density at radius 3 is 2.67 bits per heavy atom. The molecule has 6 heteroatoms. The van der Waals surface area contributed by atoms with Gasteiger partial charge in [-0.2, -0.15) is 4.98 Å². The van der Waals surface area contributed by atoms with Gasteiger partial charge in [-0.25, -0.2) is 0 Å². The Morgan fingerprint density at radius 2 is 2.00 bits per heavy atom. The SMILES string of the molecule is CCN(CC)C(C)CNC(=O)Cc1nc(-c2ccccc2C)no1. The van der Waals surface area contributed by atoms with Crippen molar-refractivity contribution in [3.05, 3.63) is 35.7 Å². The third-order valence-electron chi connectivity index (χ3n) is 4.20. The van der Waals surface area contributed by atoms with Crippen LogP contribution in [-0.4, -0.2) is 46.6 Å². The van der Waals surface area contributed by atoms with Gasteiger partial charge in [0.2, 0.25) is 17.6 Å². The molecule has 1 heterocycles. The van der Waals surface area contributed by atoms with Crippen LogP contribution in [0.2, 0.25) is 0 Å². The zero-order valence-electron chi connectivity index (χ0n) is 14.9. The minimum atomic E-state index is -0.103. The first-order valence-electron chi connectivity index (χ1n) is 8.44. The third-order valence-corrected chi connectivity index (χ3v) is 4.20. The van der Waals surface area contributed by atoms with E-state index in [1.807, 2.05) is 31.2 Å². The summed E-state index contributed by atoms with van der Waals surface area (Å²) in [7, 11) is 0. The highest BCUT2D eigenvalue weighted by Gasteiger charge is 2.15. The molecule has 2 rings (SSSR count). The number of aryl methyl sites for hydroxylation is 1. The van der Waals surface area contributed by atoms with Crippen LogP contribution in [-0.2, 0) is 11.2 Å². The van der Waals surface area contributed by atoms with Gasteiger partial charge in [-0.05, 0) is 32.5 Å². The maximum atomic E-state index is 12.1. The monoisotopic (exact) mass is 330 g/mol. The van der Waals surface area contributed by atoms with Gasteiger partial charge >= 0.3 is 0 Å². The normalized spacial score (nSPS) is 12.4. The van der Waals surface area contributed by atoms with Crippen molar-refractivity contribution < 1.29 is 9.32 Å². The molecule has 0 aliphatic heterocycles. The molecule has 2 aromatic rings. The highest BCUT2D eigenvalue weighted by atomic mass is 16.5. The molecular formula is C18H26N4O2. The number of hydrogen-bond donors (Lipinski definition) is 1. The highest BCUT2D eigenvalue weighted by molar-refractivity contribution is 5.77. The number of aromatic nitrogens is 2. The van der Waals surface area contributed by atoms with E-state index in [1.54, 1.807) is 0 Å². The molecule has 0 spiro atoms. The second-order valence-electron chi connectivity index (χ2n) is 5.88. The minimum Gasteiger partial charge on any atom is -0.354 e. The smallest absolute Gasteiger partial charge is 0.236 e. The average Bonchev–Trinajstić information content (AvgIpc) is 3.02. The van der Waals surface area contributed by atoms with Crippen molar-refractivity contribution in [1.82, 2.24) is 20.4 Å². The maximum absolute atomic E-state index is 12.1. The average molecular weight is 330 g/mol. The number of carbonyl (C=O) groups excluding carboxylic acids is 1. The van der Waals surface area contributed by atoms with Crippen molar-refractivity contribution in [2.24, 2.45) is 0 Å². The standard InChI is InChI=1S/C18H26N4O2/c1-5-22(6-2)14(4)12-19-16(23)11-17-20-18(21-24-17)15-10-8-7-9-13(15)3/h7-10,14H,5-6,11-12H2,1-4H3,(H,19,23).